The lowest BCUT2D eigenvalue weighted by molar-refractivity contribution is -0.384. The molecule has 0 aliphatic heterocycles. The number of primary amides is 1. The van der Waals surface area contributed by atoms with Gasteiger partial charge in [0, 0.05) is 17.7 Å². The van der Waals surface area contributed by atoms with Gasteiger partial charge >= 0.3 is 0 Å². The number of non-ortho nitro benzene ring substituents is 1. The van der Waals surface area contributed by atoms with Gasteiger partial charge in [-0.1, -0.05) is 24.3 Å². The summed E-state index contributed by atoms with van der Waals surface area (Å²) in [5.74, 6) is -1.04. The van der Waals surface area contributed by atoms with E-state index in [0.29, 0.717) is 11.1 Å². The Bertz CT molecular complexity index is 726. The molecule has 0 saturated heterocycles. The molecule has 112 valence electrons. The highest BCUT2D eigenvalue weighted by Gasteiger charge is 2.09. The van der Waals surface area contributed by atoms with Crippen LogP contribution in [0.1, 0.15) is 10.4 Å². The summed E-state index contributed by atoms with van der Waals surface area (Å²) in [5.41, 5.74) is 6.74. The van der Waals surface area contributed by atoms with Crippen LogP contribution in [0.2, 0.25) is 0 Å². The molecule has 0 spiro atoms. The highest BCUT2D eigenvalue weighted by molar-refractivity contribution is 5.96. The fourth-order valence-electron chi connectivity index (χ4n) is 1.88. The molecule has 2 aromatic rings. The number of nitro groups is 1. The third kappa shape index (κ3) is 3.66. The molecule has 7 heteroatoms. The number of nitrogens with two attached hydrogens (primary N) is 1. The summed E-state index contributed by atoms with van der Waals surface area (Å²) in [6.07, 6.45) is 0. The van der Waals surface area contributed by atoms with Crippen LogP contribution in [-0.2, 0) is 4.79 Å². The number of carbonyl (C=O) groups is 2. The summed E-state index contributed by atoms with van der Waals surface area (Å²) in [4.78, 5) is 32.7. The number of nitrogens with one attached hydrogen (secondary N) is 1. The Morgan fingerprint density at radius 3 is 2.36 bits per heavy atom. The minimum Gasteiger partial charge on any atom is -0.368 e. The summed E-state index contributed by atoms with van der Waals surface area (Å²) < 4.78 is 0. The van der Waals surface area contributed by atoms with Gasteiger partial charge in [-0.25, -0.2) is 0 Å². The Morgan fingerprint density at radius 2 is 1.77 bits per heavy atom. The molecule has 2 amide bonds. The van der Waals surface area contributed by atoms with Gasteiger partial charge in [0.05, 0.1) is 11.5 Å². The number of hydrogen-bond acceptors (Lipinski definition) is 4. The van der Waals surface area contributed by atoms with Crippen LogP contribution in [0.5, 0.6) is 0 Å². The lowest BCUT2D eigenvalue weighted by Gasteiger charge is -2.05. The number of amides is 2. The molecule has 0 fully saturated rings. The lowest BCUT2D eigenvalue weighted by atomic mass is 10.0. The molecule has 0 aliphatic carbocycles. The first kappa shape index (κ1) is 15.2. The topological polar surface area (TPSA) is 115 Å². The van der Waals surface area contributed by atoms with Crippen LogP contribution >= 0.6 is 0 Å². The molecule has 3 N–H and O–H groups in total. The molecular weight excluding hydrogens is 286 g/mol. The first-order chi connectivity index (χ1) is 10.5. The fraction of sp³-hybridized carbons (Fsp3) is 0.0667. The highest BCUT2D eigenvalue weighted by atomic mass is 16.6. The molecule has 0 heterocycles. The monoisotopic (exact) mass is 299 g/mol. The molecule has 0 bridgehead atoms. The van der Waals surface area contributed by atoms with Crippen LogP contribution in [0.3, 0.4) is 0 Å². The predicted molar refractivity (Wildman–Crippen MR) is 80.1 cm³/mol. The zero-order valence-corrected chi connectivity index (χ0v) is 11.5. The maximum atomic E-state index is 11.7. The van der Waals surface area contributed by atoms with E-state index in [2.05, 4.69) is 5.32 Å². The number of nitrogens with zero attached hydrogens (tertiary/aromatic N) is 1. The molecule has 0 aliphatic rings. The second kappa shape index (κ2) is 6.49. The Balaban J connectivity index is 2.18. The molecule has 22 heavy (non-hydrogen) atoms. The van der Waals surface area contributed by atoms with E-state index in [9.17, 15) is 19.7 Å². The highest BCUT2D eigenvalue weighted by Crippen LogP contribution is 2.24. The second-order valence-electron chi connectivity index (χ2n) is 4.53. The van der Waals surface area contributed by atoms with E-state index in [1.807, 2.05) is 0 Å². The Kier molecular flexibility index (Phi) is 4.47. The van der Waals surface area contributed by atoms with E-state index < -0.39 is 16.7 Å². The fourth-order valence-corrected chi connectivity index (χ4v) is 1.88. The van der Waals surface area contributed by atoms with Gasteiger partial charge < -0.3 is 11.1 Å². The van der Waals surface area contributed by atoms with Gasteiger partial charge in [-0.3, -0.25) is 19.7 Å². The Morgan fingerprint density at radius 1 is 1.09 bits per heavy atom. The first-order valence-electron chi connectivity index (χ1n) is 6.39. The Labute approximate surface area is 125 Å². The SMILES string of the molecule is NC(=O)CNC(=O)c1ccc(-c2cccc([N+](=O)[O-])c2)cc1. The minimum atomic E-state index is -0.624. The third-order valence-electron chi connectivity index (χ3n) is 2.96. The molecule has 2 rings (SSSR count). The summed E-state index contributed by atoms with van der Waals surface area (Å²) in [6, 6.07) is 12.7. The van der Waals surface area contributed by atoms with Crippen LogP contribution in [0.4, 0.5) is 5.69 Å². The molecule has 2 aromatic carbocycles. The van der Waals surface area contributed by atoms with Gasteiger partial charge in [-0.2, -0.15) is 0 Å². The van der Waals surface area contributed by atoms with Crippen LogP contribution in [0.25, 0.3) is 11.1 Å². The van der Waals surface area contributed by atoms with Crippen LogP contribution < -0.4 is 11.1 Å². The van der Waals surface area contributed by atoms with Crippen LogP contribution in [-0.4, -0.2) is 23.3 Å². The first-order valence-corrected chi connectivity index (χ1v) is 6.39. The largest absolute Gasteiger partial charge is 0.368 e. The van der Waals surface area contributed by atoms with Gasteiger partial charge in [-0.05, 0) is 23.3 Å². The van der Waals surface area contributed by atoms with Crippen LogP contribution in [0, 0.1) is 10.1 Å². The van der Waals surface area contributed by atoms with Gasteiger partial charge in [-0.15, -0.1) is 0 Å². The second-order valence-corrected chi connectivity index (χ2v) is 4.53. The van der Waals surface area contributed by atoms with Crippen molar-refractivity contribution in [2.45, 2.75) is 0 Å². The smallest absolute Gasteiger partial charge is 0.270 e. The zero-order valence-electron chi connectivity index (χ0n) is 11.5. The van der Waals surface area contributed by atoms with Crippen molar-refractivity contribution < 1.29 is 14.5 Å². The average Bonchev–Trinajstić information content (AvgIpc) is 2.53. The normalized spacial score (nSPS) is 10.0. The number of carbonyl (C=O) groups excluding carboxylic acids is 2. The van der Waals surface area contributed by atoms with Crippen molar-refractivity contribution in [3.05, 3.63) is 64.2 Å². The summed E-state index contributed by atoms with van der Waals surface area (Å²) in [7, 11) is 0. The van der Waals surface area contributed by atoms with Crippen molar-refractivity contribution >= 4 is 17.5 Å². The quantitative estimate of drug-likeness (QED) is 0.642. The van der Waals surface area contributed by atoms with Crippen molar-refractivity contribution in [1.82, 2.24) is 5.32 Å². The molecular formula is C15H13N3O4. The zero-order chi connectivity index (χ0) is 16.1. The van der Waals surface area contributed by atoms with Crippen LogP contribution in [0.15, 0.2) is 48.5 Å². The van der Waals surface area contributed by atoms with Crippen molar-refractivity contribution in [1.29, 1.82) is 0 Å². The van der Waals surface area contributed by atoms with E-state index in [1.54, 1.807) is 36.4 Å². The summed E-state index contributed by atoms with van der Waals surface area (Å²) >= 11 is 0. The summed E-state index contributed by atoms with van der Waals surface area (Å²) in [5, 5.41) is 13.1. The van der Waals surface area contributed by atoms with Gasteiger partial charge in [0.25, 0.3) is 11.6 Å². The third-order valence-corrected chi connectivity index (χ3v) is 2.96. The van der Waals surface area contributed by atoms with E-state index in [0.717, 1.165) is 5.56 Å². The molecule has 0 radical (unpaired) electrons. The predicted octanol–water partition coefficient (Wildman–Crippen LogP) is 1.48. The van der Waals surface area contributed by atoms with E-state index in [1.165, 1.54) is 12.1 Å². The van der Waals surface area contributed by atoms with Crippen molar-refractivity contribution in [3.63, 3.8) is 0 Å². The molecule has 0 saturated carbocycles. The van der Waals surface area contributed by atoms with Gasteiger partial charge in [0.1, 0.15) is 0 Å². The van der Waals surface area contributed by atoms with Gasteiger partial charge in [0.15, 0.2) is 0 Å². The molecule has 0 unspecified atom stereocenters. The number of hydrogen-bond donors (Lipinski definition) is 2. The van der Waals surface area contributed by atoms with E-state index in [4.69, 9.17) is 5.73 Å². The Hall–Kier alpha value is -3.22. The standard InChI is InChI=1S/C15H13N3O4/c16-14(19)9-17-15(20)11-6-4-10(5-7-11)12-2-1-3-13(8-12)18(21)22/h1-8H,9H2,(H2,16,19)(H,17,20). The molecule has 0 atom stereocenters. The minimum absolute atomic E-state index is 0.000720. The van der Waals surface area contributed by atoms with E-state index >= 15 is 0 Å². The lowest BCUT2D eigenvalue weighted by Crippen LogP contribution is -2.33. The molecule has 7 nitrogen and oxygen atoms in total. The average molecular weight is 299 g/mol. The number of benzene rings is 2. The number of rotatable bonds is 5. The van der Waals surface area contributed by atoms with Crippen molar-refractivity contribution in [2.24, 2.45) is 5.73 Å². The maximum absolute atomic E-state index is 11.7. The summed E-state index contributed by atoms with van der Waals surface area (Å²) in [6.45, 7) is -0.231. The molecule has 0 aromatic heterocycles. The van der Waals surface area contributed by atoms with E-state index in [-0.39, 0.29) is 12.2 Å². The van der Waals surface area contributed by atoms with Crippen molar-refractivity contribution in [2.75, 3.05) is 6.54 Å². The van der Waals surface area contributed by atoms with Crippen molar-refractivity contribution in [3.8, 4) is 11.1 Å². The van der Waals surface area contributed by atoms with Gasteiger partial charge in [0.2, 0.25) is 5.91 Å². The number of nitro benzene ring substituents is 1. The maximum Gasteiger partial charge on any atom is 0.270 e.